The number of halogens is 2. The van der Waals surface area contributed by atoms with Crippen LogP contribution in [0.2, 0.25) is 0 Å². The first-order valence-electron chi connectivity index (χ1n) is 6.39. The first-order chi connectivity index (χ1) is 9.11. The van der Waals surface area contributed by atoms with Crippen molar-refractivity contribution >= 4 is 18.1 Å². The molecule has 0 radical (unpaired) electrons. The fourth-order valence-corrected chi connectivity index (χ4v) is 2.49. The molecule has 2 rings (SSSR count). The summed E-state index contributed by atoms with van der Waals surface area (Å²) in [6.45, 7) is 1.13. The van der Waals surface area contributed by atoms with E-state index >= 15 is 0 Å². The predicted octanol–water partition coefficient (Wildman–Crippen LogP) is 2.50. The van der Waals surface area contributed by atoms with Gasteiger partial charge in [0.05, 0.1) is 11.5 Å². The third-order valence-electron chi connectivity index (χ3n) is 3.57. The lowest BCUT2D eigenvalue weighted by molar-refractivity contribution is -0.385. The molecule has 1 aromatic carbocycles. The van der Waals surface area contributed by atoms with Crippen molar-refractivity contribution in [2.45, 2.75) is 31.8 Å². The number of rotatable bonds is 4. The largest absolute Gasteiger partial charge is 0.395 e. The van der Waals surface area contributed by atoms with Gasteiger partial charge in [-0.1, -0.05) is 6.42 Å². The molecule has 1 aromatic rings. The second kappa shape index (κ2) is 7.52. The van der Waals surface area contributed by atoms with Crippen molar-refractivity contribution in [1.82, 2.24) is 4.90 Å². The van der Waals surface area contributed by atoms with E-state index in [2.05, 4.69) is 0 Å². The minimum atomic E-state index is -0.525. The number of nitro groups is 1. The van der Waals surface area contributed by atoms with E-state index in [1.807, 2.05) is 4.90 Å². The fraction of sp³-hybridized carbons (Fsp3) is 0.538. The van der Waals surface area contributed by atoms with Gasteiger partial charge in [-0.25, -0.2) is 4.39 Å². The Bertz CT molecular complexity index is 473. The number of non-ortho nitro benzene ring substituents is 1. The molecule has 1 aliphatic heterocycles. The van der Waals surface area contributed by atoms with Crippen molar-refractivity contribution in [3.8, 4) is 0 Å². The highest BCUT2D eigenvalue weighted by molar-refractivity contribution is 5.85. The zero-order valence-corrected chi connectivity index (χ0v) is 11.8. The average Bonchev–Trinajstić information content (AvgIpc) is 2.41. The van der Waals surface area contributed by atoms with Gasteiger partial charge < -0.3 is 5.11 Å². The van der Waals surface area contributed by atoms with Crippen LogP contribution in [0.3, 0.4) is 0 Å². The summed E-state index contributed by atoms with van der Waals surface area (Å²) in [6, 6.07) is 3.59. The first kappa shape index (κ1) is 16.8. The Balaban J connectivity index is 0.00000200. The lowest BCUT2D eigenvalue weighted by Crippen LogP contribution is -2.41. The smallest absolute Gasteiger partial charge is 0.269 e. The van der Waals surface area contributed by atoms with Crippen LogP contribution in [-0.2, 0) is 6.54 Å². The van der Waals surface area contributed by atoms with E-state index in [0.717, 1.165) is 31.9 Å². The monoisotopic (exact) mass is 304 g/mol. The van der Waals surface area contributed by atoms with E-state index in [0.29, 0.717) is 12.1 Å². The summed E-state index contributed by atoms with van der Waals surface area (Å²) in [5, 5.41) is 20.0. The van der Waals surface area contributed by atoms with Crippen LogP contribution in [0.15, 0.2) is 18.2 Å². The Hall–Kier alpha value is -1.24. The van der Waals surface area contributed by atoms with Gasteiger partial charge in [0.2, 0.25) is 0 Å². The molecular weight excluding hydrogens is 287 g/mol. The van der Waals surface area contributed by atoms with E-state index in [-0.39, 0.29) is 30.7 Å². The molecule has 1 unspecified atom stereocenters. The molecule has 0 aromatic heterocycles. The van der Waals surface area contributed by atoms with Crippen LogP contribution in [0.4, 0.5) is 10.1 Å². The van der Waals surface area contributed by atoms with Crippen molar-refractivity contribution in [3.63, 3.8) is 0 Å². The topological polar surface area (TPSA) is 66.6 Å². The van der Waals surface area contributed by atoms with Gasteiger partial charge >= 0.3 is 0 Å². The maximum absolute atomic E-state index is 13.7. The van der Waals surface area contributed by atoms with Crippen molar-refractivity contribution < 1.29 is 14.4 Å². The summed E-state index contributed by atoms with van der Waals surface area (Å²) < 4.78 is 13.7. The van der Waals surface area contributed by atoms with E-state index in [4.69, 9.17) is 0 Å². The van der Waals surface area contributed by atoms with Crippen molar-refractivity contribution in [1.29, 1.82) is 0 Å². The normalized spacial score (nSPS) is 19.4. The van der Waals surface area contributed by atoms with Crippen LogP contribution in [0, 0.1) is 15.9 Å². The van der Waals surface area contributed by atoms with Gasteiger partial charge in [-0.2, -0.15) is 0 Å². The number of aliphatic hydroxyl groups excluding tert-OH is 1. The quantitative estimate of drug-likeness (QED) is 0.685. The number of hydrogen-bond donors (Lipinski definition) is 1. The fourth-order valence-electron chi connectivity index (χ4n) is 2.49. The van der Waals surface area contributed by atoms with Crippen LogP contribution >= 0.6 is 12.4 Å². The number of likely N-dealkylation sites (tertiary alicyclic amines) is 1. The molecule has 0 aliphatic carbocycles. The number of piperidine rings is 1. The van der Waals surface area contributed by atoms with Crippen LogP contribution < -0.4 is 0 Å². The molecular formula is C13H18ClFN2O3. The molecule has 7 heteroatoms. The van der Waals surface area contributed by atoms with Gasteiger partial charge in [-0.15, -0.1) is 12.4 Å². The van der Waals surface area contributed by atoms with Crippen molar-refractivity contribution in [2.75, 3.05) is 13.2 Å². The zero-order valence-electron chi connectivity index (χ0n) is 11.0. The highest BCUT2D eigenvalue weighted by atomic mass is 35.5. The Kier molecular flexibility index (Phi) is 6.32. The second-order valence-electron chi connectivity index (χ2n) is 4.84. The predicted molar refractivity (Wildman–Crippen MR) is 75.4 cm³/mol. The van der Waals surface area contributed by atoms with Gasteiger partial charge in [-0.05, 0) is 25.5 Å². The molecule has 1 saturated heterocycles. The average molecular weight is 305 g/mol. The lowest BCUT2D eigenvalue weighted by atomic mass is 10.0. The van der Waals surface area contributed by atoms with E-state index in [9.17, 15) is 19.6 Å². The summed E-state index contributed by atoms with van der Waals surface area (Å²) >= 11 is 0. The van der Waals surface area contributed by atoms with Gasteiger partial charge in [0, 0.05) is 30.3 Å². The number of benzene rings is 1. The summed E-state index contributed by atoms with van der Waals surface area (Å²) in [4.78, 5) is 12.2. The molecule has 112 valence electrons. The molecule has 0 amide bonds. The number of aliphatic hydroxyl groups is 1. The Morgan fingerprint density at radius 1 is 1.45 bits per heavy atom. The van der Waals surface area contributed by atoms with Crippen molar-refractivity contribution in [3.05, 3.63) is 39.7 Å². The third kappa shape index (κ3) is 3.88. The van der Waals surface area contributed by atoms with Gasteiger partial charge in [0.25, 0.3) is 5.69 Å². The van der Waals surface area contributed by atoms with Crippen molar-refractivity contribution in [2.24, 2.45) is 0 Å². The summed E-state index contributed by atoms with van der Waals surface area (Å²) in [5.41, 5.74) is 0.212. The maximum atomic E-state index is 13.7. The summed E-state index contributed by atoms with van der Waals surface area (Å²) in [5.74, 6) is -0.437. The minimum Gasteiger partial charge on any atom is -0.395 e. The number of hydrogen-bond acceptors (Lipinski definition) is 4. The maximum Gasteiger partial charge on any atom is 0.269 e. The van der Waals surface area contributed by atoms with E-state index in [1.54, 1.807) is 0 Å². The van der Waals surface area contributed by atoms with Crippen LogP contribution in [0.5, 0.6) is 0 Å². The molecule has 0 spiro atoms. The molecule has 1 aliphatic rings. The highest BCUT2D eigenvalue weighted by Gasteiger charge is 2.23. The third-order valence-corrected chi connectivity index (χ3v) is 3.57. The molecule has 0 saturated carbocycles. The second-order valence-corrected chi connectivity index (χ2v) is 4.84. The molecule has 5 nitrogen and oxygen atoms in total. The zero-order chi connectivity index (χ0) is 13.8. The van der Waals surface area contributed by atoms with Crippen LogP contribution in [-0.4, -0.2) is 34.1 Å². The molecule has 1 fully saturated rings. The molecule has 0 bridgehead atoms. The lowest BCUT2D eigenvalue weighted by Gasteiger charge is -2.34. The summed E-state index contributed by atoms with van der Waals surface area (Å²) in [7, 11) is 0. The summed E-state index contributed by atoms with van der Waals surface area (Å²) in [6.07, 6.45) is 2.94. The molecule has 1 heterocycles. The van der Waals surface area contributed by atoms with Gasteiger partial charge in [0.1, 0.15) is 5.82 Å². The van der Waals surface area contributed by atoms with Crippen LogP contribution in [0.1, 0.15) is 24.8 Å². The van der Waals surface area contributed by atoms with Gasteiger partial charge in [0.15, 0.2) is 0 Å². The first-order valence-corrected chi connectivity index (χ1v) is 6.39. The van der Waals surface area contributed by atoms with E-state index < -0.39 is 10.7 Å². The standard InChI is InChI=1S/C13H17FN2O3.ClH/c14-13-5-4-11(16(18)19)7-10(13)8-15-6-2-1-3-12(15)9-17;/h4-5,7,12,17H,1-3,6,8-9H2;1H. The minimum absolute atomic E-state index is 0. The molecule has 1 N–H and O–H groups in total. The number of nitrogens with zero attached hydrogens (tertiary/aromatic N) is 2. The van der Waals surface area contributed by atoms with Gasteiger partial charge in [-0.3, -0.25) is 15.0 Å². The Labute approximate surface area is 123 Å². The molecule has 1 atom stereocenters. The van der Waals surface area contributed by atoms with E-state index in [1.165, 1.54) is 12.1 Å². The number of nitro benzene ring substituents is 1. The Morgan fingerprint density at radius 3 is 2.85 bits per heavy atom. The SMILES string of the molecule is Cl.O=[N+]([O-])c1ccc(F)c(CN2CCCCC2CO)c1. The Morgan fingerprint density at radius 2 is 2.20 bits per heavy atom. The van der Waals surface area contributed by atoms with Crippen LogP contribution in [0.25, 0.3) is 0 Å². The molecule has 20 heavy (non-hydrogen) atoms. The highest BCUT2D eigenvalue weighted by Crippen LogP contribution is 2.23.